The second-order valence-corrected chi connectivity index (χ2v) is 7.49. The van der Waals surface area contributed by atoms with E-state index in [0.717, 1.165) is 23.8 Å². The summed E-state index contributed by atoms with van der Waals surface area (Å²) in [5.74, 6) is 0.178. The molecule has 6 heteroatoms. The third kappa shape index (κ3) is 2.34. The number of thioether (sulfide) groups is 1. The van der Waals surface area contributed by atoms with Crippen molar-refractivity contribution in [1.29, 1.82) is 0 Å². The molecule has 0 amide bonds. The van der Waals surface area contributed by atoms with E-state index in [9.17, 15) is 4.79 Å². The van der Waals surface area contributed by atoms with Crippen LogP contribution < -0.4 is 0 Å². The fourth-order valence-electron chi connectivity index (χ4n) is 2.99. The Morgan fingerprint density at radius 1 is 1.30 bits per heavy atom. The van der Waals surface area contributed by atoms with Gasteiger partial charge in [0.15, 0.2) is 5.16 Å². The van der Waals surface area contributed by atoms with Crippen LogP contribution in [0.4, 0.5) is 0 Å². The number of rotatable bonds is 6. The molecule has 1 N–H and O–H groups in total. The maximum Gasteiger partial charge on any atom is 0.313 e. The van der Waals surface area contributed by atoms with Crippen LogP contribution >= 0.6 is 11.8 Å². The highest BCUT2D eigenvalue weighted by Crippen LogP contribution is 2.72. The molecule has 112 valence electrons. The Bertz CT molecular complexity index is 508. The zero-order chi connectivity index (χ0) is 15.1. The number of aromatic nitrogens is 3. The van der Waals surface area contributed by atoms with Crippen LogP contribution in [0.1, 0.15) is 52.9 Å². The van der Waals surface area contributed by atoms with Gasteiger partial charge in [0.05, 0.1) is 5.75 Å². The number of nitrogens with zero attached hydrogens (tertiary/aromatic N) is 3. The van der Waals surface area contributed by atoms with Crippen molar-refractivity contribution in [2.75, 3.05) is 5.75 Å². The van der Waals surface area contributed by atoms with Crippen molar-refractivity contribution in [1.82, 2.24) is 14.8 Å². The van der Waals surface area contributed by atoms with E-state index >= 15 is 0 Å². The van der Waals surface area contributed by atoms with E-state index in [2.05, 4.69) is 49.4 Å². The summed E-state index contributed by atoms with van der Waals surface area (Å²) in [6.07, 6.45) is 1.89. The number of aliphatic carboxylic acids is 1. The Labute approximate surface area is 124 Å². The minimum absolute atomic E-state index is 0.0256. The minimum Gasteiger partial charge on any atom is -0.481 e. The highest BCUT2D eigenvalue weighted by atomic mass is 32.2. The predicted molar refractivity (Wildman–Crippen MR) is 79.0 cm³/mol. The van der Waals surface area contributed by atoms with Crippen molar-refractivity contribution in [2.45, 2.75) is 58.7 Å². The summed E-state index contributed by atoms with van der Waals surface area (Å²) in [7, 11) is 0. The first-order valence-corrected chi connectivity index (χ1v) is 8.00. The fourth-order valence-corrected chi connectivity index (χ4v) is 3.69. The third-order valence-corrected chi connectivity index (χ3v) is 5.66. The lowest BCUT2D eigenvalue weighted by Crippen LogP contribution is -2.09. The van der Waals surface area contributed by atoms with Crippen LogP contribution in [0, 0.1) is 10.8 Å². The predicted octanol–water partition coefficient (Wildman–Crippen LogP) is 3.01. The van der Waals surface area contributed by atoms with Crippen molar-refractivity contribution in [3.8, 4) is 0 Å². The molecule has 0 spiro atoms. The molecule has 1 aromatic heterocycles. The van der Waals surface area contributed by atoms with Gasteiger partial charge in [-0.05, 0) is 17.3 Å². The van der Waals surface area contributed by atoms with Gasteiger partial charge in [-0.3, -0.25) is 4.79 Å². The summed E-state index contributed by atoms with van der Waals surface area (Å²) in [5, 5.41) is 18.1. The van der Waals surface area contributed by atoms with E-state index < -0.39 is 5.97 Å². The first-order chi connectivity index (χ1) is 9.23. The Morgan fingerprint density at radius 2 is 1.90 bits per heavy atom. The molecule has 0 atom stereocenters. The first kappa shape index (κ1) is 15.4. The molecule has 0 radical (unpaired) electrons. The number of carboxylic acids is 1. The van der Waals surface area contributed by atoms with Crippen LogP contribution in [0.3, 0.4) is 0 Å². The summed E-state index contributed by atoms with van der Waals surface area (Å²) in [4.78, 5) is 10.8. The van der Waals surface area contributed by atoms with E-state index in [-0.39, 0.29) is 16.6 Å². The van der Waals surface area contributed by atoms with Gasteiger partial charge >= 0.3 is 5.97 Å². The summed E-state index contributed by atoms with van der Waals surface area (Å²) < 4.78 is 2.18. The van der Waals surface area contributed by atoms with Crippen molar-refractivity contribution in [3.05, 3.63) is 5.82 Å². The lowest BCUT2D eigenvalue weighted by atomic mass is 10.0. The van der Waals surface area contributed by atoms with Crippen molar-refractivity contribution < 1.29 is 9.90 Å². The Kier molecular flexibility index (Phi) is 3.88. The summed E-state index contributed by atoms with van der Waals surface area (Å²) >= 11 is 1.26. The Morgan fingerprint density at radius 3 is 2.35 bits per heavy atom. The highest BCUT2D eigenvalue weighted by Gasteiger charge is 2.66. The monoisotopic (exact) mass is 297 g/mol. The highest BCUT2D eigenvalue weighted by molar-refractivity contribution is 7.99. The van der Waals surface area contributed by atoms with Gasteiger partial charge in [0.25, 0.3) is 0 Å². The van der Waals surface area contributed by atoms with Gasteiger partial charge in [-0.1, -0.05) is 46.4 Å². The second kappa shape index (κ2) is 5.06. The summed E-state index contributed by atoms with van der Waals surface area (Å²) in [6, 6.07) is 0.336. The van der Waals surface area contributed by atoms with Gasteiger partial charge < -0.3 is 9.67 Å². The molecule has 0 bridgehead atoms. The average Bonchev–Trinajstić information content (AvgIpc) is 2.62. The maximum atomic E-state index is 10.8. The van der Waals surface area contributed by atoms with Crippen LogP contribution in [-0.4, -0.2) is 31.6 Å². The van der Waals surface area contributed by atoms with Crippen LogP contribution in [-0.2, 0) is 11.2 Å². The topological polar surface area (TPSA) is 68.0 Å². The number of carbonyl (C=O) groups is 1. The van der Waals surface area contributed by atoms with Crippen molar-refractivity contribution in [3.63, 3.8) is 0 Å². The first-order valence-electron chi connectivity index (χ1n) is 7.01. The number of hydrogen-bond donors (Lipinski definition) is 1. The van der Waals surface area contributed by atoms with E-state index in [0.29, 0.717) is 6.04 Å². The van der Waals surface area contributed by atoms with E-state index in [1.165, 1.54) is 11.8 Å². The van der Waals surface area contributed by atoms with Gasteiger partial charge in [0.2, 0.25) is 0 Å². The van der Waals surface area contributed by atoms with Crippen LogP contribution in [0.15, 0.2) is 5.16 Å². The summed E-state index contributed by atoms with van der Waals surface area (Å²) in [6.45, 7) is 11.1. The van der Waals surface area contributed by atoms with Crippen LogP contribution in [0.2, 0.25) is 0 Å². The van der Waals surface area contributed by atoms with Gasteiger partial charge in [0.1, 0.15) is 5.82 Å². The Balaban J connectivity index is 2.34. The van der Waals surface area contributed by atoms with Gasteiger partial charge in [-0.25, -0.2) is 0 Å². The molecule has 0 saturated heterocycles. The molecule has 1 fully saturated rings. The van der Waals surface area contributed by atoms with Crippen molar-refractivity contribution in [2.24, 2.45) is 10.8 Å². The lowest BCUT2D eigenvalue weighted by molar-refractivity contribution is -0.133. The van der Waals surface area contributed by atoms with Crippen molar-refractivity contribution >= 4 is 17.7 Å². The number of aryl methyl sites for hydroxylation is 1. The largest absolute Gasteiger partial charge is 0.481 e. The quantitative estimate of drug-likeness (QED) is 0.817. The molecule has 1 aromatic rings. The molecule has 1 heterocycles. The molecule has 1 saturated carbocycles. The lowest BCUT2D eigenvalue weighted by Gasteiger charge is -2.11. The van der Waals surface area contributed by atoms with Crippen LogP contribution in [0.25, 0.3) is 0 Å². The van der Waals surface area contributed by atoms with Crippen LogP contribution in [0.5, 0.6) is 0 Å². The molecule has 1 aliphatic carbocycles. The molecule has 0 aliphatic heterocycles. The minimum atomic E-state index is -0.823. The SMILES string of the molecule is CCCc1nnc(SCC(=O)O)n1C1C(C)(C)C1(C)C. The standard InChI is InChI=1S/C14H23N3O2S/c1-6-7-9-15-16-12(20-8-10(18)19)17(9)11-13(2,3)14(11,4)5/h11H,6-8H2,1-5H3,(H,18,19). The molecule has 2 rings (SSSR count). The molecule has 0 unspecified atom stereocenters. The summed E-state index contributed by atoms with van der Waals surface area (Å²) in [5.41, 5.74) is 0.354. The van der Waals surface area contributed by atoms with Gasteiger partial charge in [0, 0.05) is 12.5 Å². The van der Waals surface area contributed by atoms with E-state index in [4.69, 9.17) is 5.11 Å². The molecule has 5 nitrogen and oxygen atoms in total. The fraction of sp³-hybridized carbons (Fsp3) is 0.786. The zero-order valence-electron chi connectivity index (χ0n) is 12.8. The zero-order valence-corrected chi connectivity index (χ0v) is 13.6. The third-order valence-electron chi connectivity index (χ3n) is 4.74. The molecular weight excluding hydrogens is 274 g/mol. The molecular formula is C14H23N3O2S. The van der Waals surface area contributed by atoms with E-state index in [1.807, 2.05) is 0 Å². The second-order valence-electron chi connectivity index (χ2n) is 6.55. The number of carboxylic acid groups (broad SMARTS) is 1. The van der Waals surface area contributed by atoms with Gasteiger partial charge in [-0.15, -0.1) is 10.2 Å². The van der Waals surface area contributed by atoms with E-state index in [1.54, 1.807) is 0 Å². The molecule has 1 aliphatic rings. The Hall–Kier alpha value is -1.04. The molecule has 0 aromatic carbocycles. The molecule has 20 heavy (non-hydrogen) atoms. The maximum absolute atomic E-state index is 10.8. The number of hydrogen-bond acceptors (Lipinski definition) is 4. The smallest absolute Gasteiger partial charge is 0.313 e. The van der Waals surface area contributed by atoms with Gasteiger partial charge in [-0.2, -0.15) is 0 Å². The average molecular weight is 297 g/mol. The normalized spacial score (nSPS) is 20.1.